The van der Waals surface area contributed by atoms with E-state index in [2.05, 4.69) is 10.9 Å². The van der Waals surface area contributed by atoms with Crippen LogP contribution in [0.1, 0.15) is 35.2 Å². The third-order valence-corrected chi connectivity index (χ3v) is 6.88. The van der Waals surface area contributed by atoms with Crippen LogP contribution in [0.2, 0.25) is 5.02 Å². The monoisotopic (exact) mass is 435 g/mol. The van der Waals surface area contributed by atoms with Gasteiger partial charge in [-0.15, -0.1) is 0 Å². The van der Waals surface area contributed by atoms with Crippen molar-refractivity contribution in [3.63, 3.8) is 0 Å². The van der Waals surface area contributed by atoms with Crippen LogP contribution in [-0.2, 0) is 21.2 Å². The van der Waals surface area contributed by atoms with E-state index >= 15 is 0 Å². The van der Waals surface area contributed by atoms with Gasteiger partial charge in [0.15, 0.2) is 0 Å². The van der Waals surface area contributed by atoms with Gasteiger partial charge >= 0.3 is 0 Å². The molecule has 0 spiro atoms. The lowest BCUT2D eigenvalue weighted by Crippen LogP contribution is -2.42. The van der Waals surface area contributed by atoms with E-state index < -0.39 is 21.8 Å². The first-order valence-corrected chi connectivity index (χ1v) is 11.1. The summed E-state index contributed by atoms with van der Waals surface area (Å²) in [5, 5.41) is 0.0948. The Labute approximate surface area is 175 Å². The van der Waals surface area contributed by atoms with Crippen molar-refractivity contribution in [1.82, 2.24) is 15.2 Å². The number of rotatable bonds is 5. The summed E-state index contributed by atoms with van der Waals surface area (Å²) in [5.41, 5.74) is 5.38. The molecule has 0 bridgehead atoms. The van der Waals surface area contributed by atoms with Crippen LogP contribution >= 0.6 is 11.6 Å². The number of hydrazine groups is 1. The van der Waals surface area contributed by atoms with Crippen molar-refractivity contribution in [2.24, 2.45) is 0 Å². The lowest BCUT2D eigenvalue weighted by molar-refractivity contribution is -0.121. The fourth-order valence-electron chi connectivity index (χ4n) is 3.11. The lowest BCUT2D eigenvalue weighted by Gasteiger charge is -2.26. The number of sulfonamides is 1. The van der Waals surface area contributed by atoms with Gasteiger partial charge in [0.2, 0.25) is 15.9 Å². The molecular weight excluding hydrogens is 414 g/mol. The number of nitrogens with one attached hydrogen (secondary N) is 2. The van der Waals surface area contributed by atoms with Gasteiger partial charge in [-0.1, -0.05) is 48.4 Å². The first-order chi connectivity index (χ1) is 13.9. The zero-order chi connectivity index (χ0) is 20.9. The second-order valence-electron chi connectivity index (χ2n) is 6.77. The number of nitrogens with zero attached hydrogens (tertiary/aromatic N) is 1. The molecule has 1 heterocycles. The summed E-state index contributed by atoms with van der Waals surface area (Å²) in [6.45, 7) is 0.921. The van der Waals surface area contributed by atoms with Crippen LogP contribution in [0.5, 0.6) is 0 Å². The summed E-state index contributed by atoms with van der Waals surface area (Å²) in [5.74, 6) is -1.09. The molecule has 0 saturated carbocycles. The number of hydrogen-bond acceptors (Lipinski definition) is 4. The highest BCUT2D eigenvalue weighted by Gasteiger charge is 2.27. The summed E-state index contributed by atoms with van der Waals surface area (Å²) in [4.78, 5) is 24.5. The molecule has 1 aliphatic rings. The van der Waals surface area contributed by atoms with Crippen LogP contribution in [0.3, 0.4) is 0 Å². The maximum absolute atomic E-state index is 12.8. The van der Waals surface area contributed by atoms with Crippen molar-refractivity contribution in [2.45, 2.75) is 30.6 Å². The molecule has 7 nitrogen and oxygen atoms in total. The molecule has 2 aromatic rings. The van der Waals surface area contributed by atoms with E-state index in [9.17, 15) is 18.0 Å². The molecule has 1 fully saturated rings. The SMILES string of the molecule is O=C(Cc1ccccc1)NNC(=O)c1cc(S(=O)(=O)N2CCCCC2)ccc1Cl. The van der Waals surface area contributed by atoms with Gasteiger partial charge in [-0.05, 0) is 36.6 Å². The summed E-state index contributed by atoms with van der Waals surface area (Å²) in [6, 6.07) is 13.1. The molecule has 1 aliphatic heterocycles. The molecule has 0 unspecified atom stereocenters. The largest absolute Gasteiger partial charge is 0.273 e. The van der Waals surface area contributed by atoms with E-state index in [0.29, 0.717) is 13.1 Å². The van der Waals surface area contributed by atoms with E-state index in [0.717, 1.165) is 24.8 Å². The molecule has 2 N–H and O–H groups in total. The molecule has 29 heavy (non-hydrogen) atoms. The Bertz CT molecular complexity index is 990. The first-order valence-electron chi connectivity index (χ1n) is 9.31. The zero-order valence-corrected chi connectivity index (χ0v) is 17.3. The second kappa shape index (κ2) is 9.39. The molecule has 0 aliphatic carbocycles. The number of carbonyl (C=O) groups is 2. The number of carbonyl (C=O) groups excluding carboxylic acids is 2. The van der Waals surface area contributed by atoms with Crippen LogP contribution in [0, 0.1) is 0 Å². The minimum atomic E-state index is -3.70. The van der Waals surface area contributed by atoms with E-state index in [-0.39, 0.29) is 21.9 Å². The van der Waals surface area contributed by atoms with Gasteiger partial charge in [0.1, 0.15) is 0 Å². The van der Waals surface area contributed by atoms with Gasteiger partial charge in [-0.2, -0.15) is 4.31 Å². The Morgan fingerprint density at radius 1 is 0.966 bits per heavy atom. The topological polar surface area (TPSA) is 95.6 Å². The average molecular weight is 436 g/mol. The zero-order valence-electron chi connectivity index (χ0n) is 15.7. The molecule has 0 radical (unpaired) electrons. The standard InChI is InChI=1S/C20H22ClN3O4S/c21-18-10-9-16(29(27,28)24-11-5-2-6-12-24)14-17(18)20(26)23-22-19(25)13-15-7-3-1-4-8-15/h1,3-4,7-10,14H,2,5-6,11-13H2,(H,22,25)(H,23,26). The highest BCUT2D eigenvalue weighted by molar-refractivity contribution is 7.89. The normalized spacial score (nSPS) is 14.9. The van der Waals surface area contributed by atoms with Crippen molar-refractivity contribution in [1.29, 1.82) is 0 Å². The number of hydrogen-bond donors (Lipinski definition) is 2. The maximum Gasteiger partial charge on any atom is 0.271 e. The second-order valence-corrected chi connectivity index (χ2v) is 9.12. The molecule has 0 atom stereocenters. The third kappa shape index (κ3) is 5.35. The number of halogens is 1. The Kier molecular flexibility index (Phi) is 6.89. The van der Waals surface area contributed by atoms with Gasteiger partial charge in [0.05, 0.1) is 21.9 Å². The predicted octanol–water partition coefficient (Wildman–Crippen LogP) is 2.52. The first kappa shape index (κ1) is 21.3. The molecule has 0 aromatic heterocycles. The fourth-order valence-corrected chi connectivity index (χ4v) is 4.86. The highest BCUT2D eigenvalue weighted by atomic mass is 35.5. The van der Waals surface area contributed by atoms with E-state index in [1.165, 1.54) is 22.5 Å². The van der Waals surface area contributed by atoms with E-state index in [1.807, 2.05) is 18.2 Å². The van der Waals surface area contributed by atoms with Gasteiger partial charge in [-0.3, -0.25) is 20.4 Å². The van der Waals surface area contributed by atoms with E-state index in [1.54, 1.807) is 12.1 Å². The Balaban J connectivity index is 1.68. The van der Waals surface area contributed by atoms with Crippen molar-refractivity contribution in [3.8, 4) is 0 Å². The lowest BCUT2D eigenvalue weighted by atomic mass is 10.1. The van der Waals surface area contributed by atoms with E-state index in [4.69, 9.17) is 11.6 Å². The Morgan fingerprint density at radius 3 is 2.34 bits per heavy atom. The van der Waals surface area contributed by atoms with Crippen molar-refractivity contribution in [2.75, 3.05) is 13.1 Å². The van der Waals surface area contributed by atoms with Crippen LogP contribution in [-0.4, -0.2) is 37.6 Å². The van der Waals surface area contributed by atoms with Crippen molar-refractivity contribution >= 4 is 33.4 Å². The Hall–Kier alpha value is -2.42. The summed E-state index contributed by atoms with van der Waals surface area (Å²) < 4.78 is 27.1. The molecule has 1 saturated heterocycles. The quantitative estimate of drug-likeness (QED) is 0.705. The maximum atomic E-state index is 12.8. The smallest absolute Gasteiger partial charge is 0.271 e. The number of amides is 2. The van der Waals surface area contributed by atoms with Crippen molar-refractivity contribution in [3.05, 3.63) is 64.7 Å². The number of piperidine rings is 1. The summed E-state index contributed by atoms with van der Waals surface area (Å²) in [7, 11) is -3.70. The minimum Gasteiger partial charge on any atom is -0.273 e. The average Bonchev–Trinajstić information content (AvgIpc) is 2.73. The minimum absolute atomic E-state index is 0.00422. The van der Waals surface area contributed by atoms with Crippen LogP contribution < -0.4 is 10.9 Å². The van der Waals surface area contributed by atoms with Crippen molar-refractivity contribution < 1.29 is 18.0 Å². The summed E-state index contributed by atoms with van der Waals surface area (Å²) in [6.07, 6.45) is 2.72. The Morgan fingerprint density at radius 2 is 1.66 bits per heavy atom. The van der Waals surface area contributed by atoms with Gasteiger partial charge < -0.3 is 0 Å². The summed E-state index contributed by atoms with van der Waals surface area (Å²) >= 11 is 6.09. The highest BCUT2D eigenvalue weighted by Crippen LogP contribution is 2.25. The van der Waals surface area contributed by atoms with Gasteiger partial charge in [-0.25, -0.2) is 8.42 Å². The molecular formula is C20H22ClN3O4S. The predicted molar refractivity (Wildman–Crippen MR) is 110 cm³/mol. The molecule has 9 heteroatoms. The van der Waals surface area contributed by atoms with Crippen LogP contribution in [0.4, 0.5) is 0 Å². The number of benzene rings is 2. The molecule has 2 amide bonds. The van der Waals surface area contributed by atoms with Gasteiger partial charge in [0, 0.05) is 13.1 Å². The third-order valence-electron chi connectivity index (χ3n) is 4.66. The van der Waals surface area contributed by atoms with Crippen LogP contribution in [0.15, 0.2) is 53.4 Å². The van der Waals surface area contributed by atoms with Gasteiger partial charge in [0.25, 0.3) is 5.91 Å². The molecule has 3 rings (SSSR count). The fraction of sp³-hybridized carbons (Fsp3) is 0.300. The molecule has 2 aromatic carbocycles. The van der Waals surface area contributed by atoms with Crippen LogP contribution in [0.25, 0.3) is 0 Å². The molecule has 154 valence electrons.